The normalized spacial score (nSPS) is 21.9. The fourth-order valence-electron chi connectivity index (χ4n) is 5.21. The molecule has 0 aliphatic heterocycles. The van der Waals surface area contributed by atoms with Gasteiger partial charge in [-0.15, -0.1) is 0 Å². The highest BCUT2D eigenvalue weighted by Crippen LogP contribution is 2.44. The van der Waals surface area contributed by atoms with Gasteiger partial charge in [-0.2, -0.15) is 0 Å². The third-order valence-electron chi connectivity index (χ3n) is 7.28. The molecule has 8 nitrogen and oxygen atoms in total. The SMILES string of the molecule is CC1(C(=O)O)CCCCC1NC(=O)CC(O)CNC(=O)OCC1c2ccccc2-c2ccccc21. The van der Waals surface area contributed by atoms with Crippen molar-refractivity contribution >= 4 is 18.0 Å². The summed E-state index contributed by atoms with van der Waals surface area (Å²) in [7, 11) is 0. The van der Waals surface area contributed by atoms with Gasteiger partial charge in [-0.3, -0.25) is 9.59 Å². The van der Waals surface area contributed by atoms with Gasteiger partial charge < -0.3 is 25.6 Å². The number of aliphatic hydroxyl groups is 1. The third-order valence-corrected chi connectivity index (χ3v) is 7.28. The van der Waals surface area contributed by atoms with Crippen LogP contribution in [0, 0.1) is 5.41 Å². The average Bonchev–Trinajstić information content (AvgIpc) is 3.16. The highest BCUT2D eigenvalue weighted by Gasteiger charge is 2.43. The van der Waals surface area contributed by atoms with Crippen LogP contribution in [0.4, 0.5) is 4.79 Å². The summed E-state index contributed by atoms with van der Waals surface area (Å²) in [6.45, 7) is 1.66. The minimum Gasteiger partial charge on any atom is -0.481 e. The summed E-state index contributed by atoms with van der Waals surface area (Å²) in [4.78, 5) is 36.4. The van der Waals surface area contributed by atoms with E-state index in [4.69, 9.17) is 4.74 Å². The van der Waals surface area contributed by atoms with E-state index in [0.717, 1.165) is 35.1 Å². The van der Waals surface area contributed by atoms with Crippen LogP contribution in [0.5, 0.6) is 0 Å². The van der Waals surface area contributed by atoms with E-state index in [2.05, 4.69) is 22.8 Å². The van der Waals surface area contributed by atoms with E-state index in [1.54, 1.807) is 6.92 Å². The molecule has 3 unspecified atom stereocenters. The maximum atomic E-state index is 12.4. The van der Waals surface area contributed by atoms with Crippen molar-refractivity contribution < 1.29 is 29.3 Å². The zero-order valence-corrected chi connectivity index (χ0v) is 19.8. The number of benzene rings is 2. The summed E-state index contributed by atoms with van der Waals surface area (Å²) in [6, 6.07) is 15.6. The van der Waals surface area contributed by atoms with E-state index in [0.29, 0.717) is 12.8 Å². The quantitative estimate of drug-likeness (QED) is 0.459. The van der Waals surface area contributed by atoms with E-state index in [1.165, 1.54) is 0 Å². The van der Waals surface area contributed by atoms with Gasteiger partial charge in [0, 0.05) is 18.5 Å². The predicted molar refractivity (Wildman–Crippen MR) is 130 cm³/mol. The predicted octanol–water partition coefficient (Wildman–Crippen LogP) is 3.43. The van der Waals surface area contributed by atoms with Crippen LogP contribution in [-0.4, -0.2) is 53.5 Å². The molecule has 2 aromatic carbocycles. The van der Waals surface area contributed by atoms with Crippen LogP contribution in [0.2, 0.25) is 0 Å². The number of carboxylic acids is 1. The zero-order chi connectivity index (χ0) is 25.0. The Labute approximate surface area is 204 Å². The molecule has 0 bridgehead atoms. The first-order valence-corrected chi connectivity index (χ1v) is 12.1. The molecule has 0 saturated heterocycles. The van der Waals surface area contributed by atoms with Gasteiger partial charge in [-0.25, -0.2) is 4.79 Å². The highest BCUT2D eigenvalue weighted by molar-refractivity contribution is 5.81. The van der Waals surface area contributed by atoms with Gasteiger partial charge in [0.15, 0.2) is 0 Å². The summed E-state index contributed by atoms with van der Waals surface area (Å²) in [5, 5.41) is 25.1. The summed E-state index contributed by atoms with van der Waals surface area (Å²) in [5.74, 6) is -1.44. The van der Waals surface area contributed by atoms with Crippen molar-refractivity contribution in [2.24, 2.45) is 5.41 Å². The largest absolute Gasteiger partial charge is 0.481 e. The number of hydrogen-bond donors (Lipinski definition) is 4. The van der Waals surface area contributed by atoms with Gasteiger partial charge in [0.25, 0.3) is 0 Å². The van der Waals surface area contributed by atoms with Crippen molar-refractivity contribution in [2.75, 3.05) is 13.2 Å². The van der Waals surface area contributed by atoms with Gasteiger partial charge in [0.2, 0.25) is 5.91 Å². The molecule has 0 heterocycles. The molecule has 2 aliphatic rings. The third kappa shape index (κ3) is 5.32. The number of rotatable bonds is 8. The molecule has 2 amide bonds. The Hall–Kier alpha value is -3.39. The summed E-state index contributed by atoms with van der Waals surface area (Å²) >= 11 is 0. The second-order valence-electron chi connectivity index (χ2n) is 9.65. The maximum Gasteiger partial charge on any atom is 0.407 e. The topological polar surface area (TPSA) is 125 Å². The monoisotopic (exact) mass is 480 g/mol. The second-order valence-corrected chi connectivity index (χ2v) is 9.65. The lowest BCUT2D eigenvalue weighted by Crippen LogP contribution is -2.52. The van der Waals surface area contributed by atoms with Crippen LogP contribution in [0.3, 0.4) is 0 Å². The number of carbonyl (C=O) groups is 3. The lowest BCUT2D eigenvalue weighted by molar-refractivity contribution is -0.152. The zero-order valence-electron chi connectivity index (χ0n) is 19.8. The molecule has 4 rings (SSSR count). The first-order chi connectivity index (χ1) is 16.8. The van der Waals surface area contributed by atoms with Crippen LogP contribution in [0.15, 0.2) is 48.5 Å². The number of carbonyl (C=O) groups excluding carboxylic acids is 2. The first-order valence-electron chi connectivity index (χ1n) is 12.1. The van der Waals surface area contributed by atoms with E-state index in [1.807, 2.05) is 36.4 Å². The van der Waals surface area contributed by atoms with Crippen LogP contribution in [0.25, 0.3) is 11.1 Å². The Bertz CT molecular complexity index is 1060. The maximum absolute atomic E-state index is 12.4. The Morgan fingerprint density at radius 1 is 1.06 bits per heavy atom. The number of carboxylic acid groups (broad SMARTS) is 1. The Kier molecular flexibility index (Phi) is 7.40. The Morgan fingerprint density at radius 3 is 2.31 bits per heavy atom. The molecule has 186 valence electrons. The molecular formula is C27H32N2O6. The molecule has 0 aromatic heterocycles. The Morgan fingerprint density at radius 2 is 1.69 bits per heavy atom. The van der Waals surface area contributed by atoms with Gasteiger partial charge in [-0.1, -0.05) is 61.4 Å². The number of hydrogen-bond acceptors (Lipinski definition) is 5. The van der Waals surface area contributed by atoms with Crippen LogP contribution >= 0.6 is 0 Å². The average molecular weight is 481 g/mol. The van der Waals surface area contributed by atoms with Gasteiger partial charge in [0.05, 0.1) is 17.9 Å². The van der Waals surface area contributed by atoms with Crippen LogP contribution < -0.4 is 10.6 Å². The van der Waals surface area contributed by atoms with Gasteiger partial charge in [0.1, 0.15) is 6.61 Å². The number of fused-ring (bicyclic) bond motifs is 3. The molecule has 1 saturated carbocycles. The van der Waals surface area contributed by atoms with Crippen LogP contribution in [-0.2, 0) is 14.3 Å². The lowest BCUT2D eigenvalue weighted by Gasteiger charge is -2.38. The van der Waals surface area contributed by atoms with Crippen molar-refractivity contribution in [3.63, 3.8) is 0 Å². The molecule has 1 fully saturated rings. The summed E-state index contributed by atoms with van der Waals surface area (Å²) in [5.41, 5.74) is 3.47. The van der Waals surface area contributed by atoms with E-state index in [9.17, 15) is 24.6 Å². The molecule has 0 spiro atoms. The number of aliphatic carboxylic acids is 1. The number of nitrogens with one attached hydrogen (secondary N) is 2. The fourth-order valence-corrected chi connectivity index (χ4v) is 5.21. The number of alkyl carbamates (subject to hydrolysis) is 1. The smallest absolute Gasteiger partial charge is 0.407 e. The van der Waals surface area contributed by atoms with Crippen LogP contribution in [0.1, 0.15) is 56.1 Å². The molecule has 2 aliphatic carbocycles. The number of ether oxygens (including phenoxy) is 1. The van der Waals surface area contributed by atoms with E-state index >= 15 is 0 Å². The first kappa shape index (κ1) is 24.7. The number of amides is 2. The summed E-state index contributed by atoms with van der Waals surface area (Å²) < 4.78 is 5.44. The molecular weight excluding hydrogens is 448 g/mol. The minimum atomic E-state index is -1.12. The van der Waals surface area contributed by atoms with Gasteiger partial charge >= 0.3 is 12.1 Å². The van der Waals surface area contributed by atoms with Crippen molar-refractivity contribution in [1.82, 2.24) is 10.6 Å². The molecule has 2 aromatic rings. The summed E-state index contributed by atoms with van der Waals surface area (Å²) in [6.07, 6.45) is 0.714. The van der Waals surface area contributed by atoms with E-state index in [-0.39, 0.29) is 25.5 Å². The molecule has 35 heavy (non-hydrogen) atoms. The van der Waals surface area contributed by atoms with E-state index < -0.39 is 35.5 Å². The minimum absolute atomic E-state index is 0.0668. The molecule has 4 N–H and O–H groups in total. The van der Waals surface area contributed by atoms with Crippen molar-refractivity contribution in [3.8, 4) is 11.1 Å². The van der Waals surface area contributed by atoms with Gasteiger partial charge in [-0.05, 0) is 42.0 Å². The molecule has 0 radical (unpaired) electrons. The number of aliphatic hydroxyl groups excluding tert-OH is 1. The second kappa shape index (κ2) is 10.5. The van der Waals surface area contributed by atoms with Crippen molar-refractivity contribution in [3.05, 3.63) is 59.7 Å². The van der Waals surface area contributed by atoms with Crippen molar-refractivity contribution in [1.29, 1.82) is 0 Å². The molecule has 3 atom stereocenters. The standard InChI is InChI=1S/C27H32N2O6/c1-27(25(32)33)13-7-6-12-23(27)29-24(31)14-17(30)15-28-26(34)35-16-22-20-10-4-2-8-18(20)19-9-3-5-11-21(19)22/h2-5,8-11,17,22-23,30H,6-7,12-16H2,1H3,(H,28,34)(H,29,31)(H,32,33). The Balaban J connectivity index is 1.24. The molecule has 8 heteroatoms. The lowest BCUT2D eigenvalue weighted by atomic mass is 9.71. The van der Waals surface area contributed by atoms with Crippen molar-refractivity contribution in [2.45, 2.75) is 57.1 Å². The fraction of sp³-hybridized carbons (Fsp3) is 0.444. The highest BCUT2D eigenvalue weighted by atomic mass is 16.5.